The van der Waals surface area contributed by atoms with E-state index >= 15 is 0 Å². The molecule has 0 saturated carbocycles. The van der Waals surface area contributed by atoms with Crippen molar-refractivity contribution in [2.45, 2.75) is 6.92 Å². The van der Waals surface area contributed by atoms with Gasteiger partial charge < -0.3 is 4.84 Å². The summed E-state index contributed by atoms with van der Waals surface area (Å²) in [5.74, 6) is 5.41. The molecule has 0 aliphatic rings. The van der Waals surface area contributed by atoms with Gasteiger partial charge in [-0.05, 0) is 19.1 Å². The molecule has 0 unspecified atom stereocenters. The van der Waals surface area contributed by atoms with Gasteiger partial charge in [0.2, 0.25) is 0 Å². The summed E-state index contributed by atoms with van der Waals surface area (Å²) in [5, 5.41) is 0. The van der Waals surface area contributed by atoms with Crippen molar-refractivity contribution in [3.8, 4) is 0 Å². The van der Waals surface area contributed by atoms with Crippen LogP contribution in [0.15, 0.2) is 36.6 Å². The van der Waals surface area contributed by atoms with Crippen LogP contribution in [0, 0.1) is 0 Å². The minimum atomic E-state index is 0.563. The van der Waals surface area contributed by atoms with E-state index in [1.165, 1.54) is 0 Å². The van der Waals surface area contributed by atoms with E-state index in [0.29, 0.717) is 5.76 Å². The van der Waals surface area contributed by atoms with Gasteiger partial charge in [0.1, 0.15) is 5.76 Å². The van der Waals surface area contributed by atoms with Crippen molar-refractivity contribution in [3.05, 3.63) is 36.6 Å². The van der Waals surface area contributed by atoms with E-state index in [1.807, 2.05) is 19.1 Å². The molecular formula is C7H11NO. The van der Waals surface area contributed by atoms with Crippen molar-refractivity contribution < 1.29 is 4.84 Å². The van der Waals surface area contributed by atoms with Crippen molar-refractivity contribution in [3.63, 3.8) is 0 Å². The third-order valence-electron chi connectivity index (χ3n) is 0.790. The van der Waals surface area contributed by atoms with Gasteiger partial charge in [0, 0.05) is 0 Å². The minimum Gasteiger partial charge on any atom is -0.412 e. The predicted octanol–water partition coefficient (Wildman–Crippen LogP) is 1.52. The normalized spacial score (nSPS) is 12.0. The predicted molar refractivity (Wildman–Crippen MR) is 38.4 cm³/mol. The van der Waals surface area contributed by atoms with Crippen molar-refractivity contribution in [2.75, 3.05) is 0 Å². The number of hydrogen-bond acceptors (Lipinski definition) is 2. The van der Waals surface area contributed by atoms with Crippen LogP contribution < -0.4 is 5.90 Å². The molecule has 50 valence electrons. The standard InChI is InChI=1S/C7H11NO/c1-3-5-6-7(4-2)9-8/h3-6H,2,8H2,1H3/b5-3-,7-6+. The second kappa shape index (κ2) is 5.12. The average molecular weight is 125 g/mol. The highest BCUT2D eigenvalue weighted by Crippen LogP contribution is 1.93. The van der Waals surface area contributed by atoms with Gasteiger partial charge in [-0.25, -0.2) is 0 Å². The van der Waals surface area contributed by atoms with E-state index in [9.17, 15) is 0 Å². The third-order valence-corrected chi connectivity index (χ3v) is 0.790. The Labute approximate surface area is 55.3 Å². The van der Waals surface area contributed by atoms with Crippen LogP contribution in [-0.2, 0) is 4.84 Å². The van der Waals surface area contributed by atoms with Crippen LogP contribution in [0.1, 0.15) is 6.92 Å². The van der Waals surface area contributed by atoms with Gasteiger partial charge in [0.05, 0.1) is 0 Å². The third kappa shape index (κ3) is 3.55. The van der Waals surface area contributed by atoms with Crippen molar-refractivity contribution in [2.24, 2.45) is 5.90 Å². The second-order valence-electron chi connectivity index (χ2n) is 1.42. The first-order chi connectivity index (χ1) is 4.35. The molecule has 0 rings (SSSR count). The van der Waals surface area contributed by atoms with Gasteiger partial charge in [-0.15, -0.1) is 0 Å². The van der Waals surface area contributed by atoms with E-state index < -0.39 is 0 Å². The van der Waals surface area contributed by atoms with Crippen LogP contribution in [0.4, 0.5) is 0 Å². The highest BCUT2D eigenvalue weighted by molar-refractivity contribution is 5.15. The summed E-state index contributed by atoms with van der Waals surface area (Å²) >= 11 is 0. The second-order valence-corrected chi connectivity index (χ2v) is 1.42. The maximum atomic E-state index is 4.85. The fourth-order valence-corrected chi connectivity index (χ4v) is 0.347. The molecule has 0 atom stereocenters. The molecule has 0 bridgehead atoms. The Kier molecular flexibility index (Phi) is 4.54. The van der Waals surface area contributed by atoms with Crippen molar-refractivity contribution in [1.82, 2.24) is 0 Å². The Bertz CT molecular complexity index is 136. The summed E-state index contributed by atoms with van der Waals surface area (Å²) < 4.78 is 0. The largest absolute Gasteiger partial charge is 0.412 e. The van der Waals surface area contributed by atoms with E-state index in [4.69, 9.17) is 5.90 Å². The van der Waals surface area contributed by atoms with E-state index in [0.717, 1.165) is 0 Å². The Balaban J connectivity index is 3.90. The maximum absolute atomic E-state index is 4.85. The summed E-state index contributed by atoms with van der Waals surface area (Å²) in [5.41, 5.74) is 0. The lowest BCUT2D eigenvalue weighted by Gasteiger charge is -1.93. The monoisotopic (exact) mass is 125 g/mol. The Hall–Kier alpha value is -1.02. The lowest BCUT2D eigenvalue weighted by molar-refractivity contribution is 0.234. The van der Waals surface area contributed by atoms with Crippen LogP contribution in [0.5, 0.6) is 0 Å². The van der Waals surface area contributed by atoms with Crippen LogP contribution in [-0.4, -0.2) is 0 Å². The highest BCUT2D eigenvalue weighted by atomic mass is 16.6. The highest BCUT2D eigenvalue weighted by Gasteiger charge is 1.81. The Morgan fingerprint density at radius 1 is 1.67 bits per heavy atom. The summed E-state index contributed by atoms with van der Waals surface area (Å²) in [7, 11) is 0. The number of allylic oxidation sites excluding steroid dienone is 4. The zero-order valence-electron chi connectivity index (χ0n) is 5.50. The zero-order chi connectivity index (χ0) is 7.11. The molecule has 0 fully saturated rings. The quantitative estimate of drug-likeness (QED) is 0.352. The lowest BCUT2D eigenvalue weighted by atomic mass is 10.4. The van der Waals surface area contributed by atoms with Crippen LogP contribution >= 0.6 is 0 Å². The first kappa shape index (κ1) is 7.98. The molecule has 0 amide bonds. The molecule has 0 aromatic rings. The molecular weight excluding hydrogens is 114 g/mol. The number of nitrogens with two attached hydrogens (primary N) is 1. The molecule has 0 spiro atoms. The van der Waals surface area contributed by atoms with Gasteiger partial charge in [-0.3, -0.25) is 0 Å². The number of hydrogen-bond donors (Lipinski definition) is 1. The smallest absolute Gasteiger partial charge is 0.146 e. The van der Waals surface area contributed by atoms with Gasteiger partial charge in [0.15, 0.2) is 0 Å². The minimum absolute atomic E-state index is 0.563. The zero-order valence-corrected chi connectivity index (χ0v) is 5.50. The van der Waals surface area contributed by atoms with Gasteiger partial charge in [-0.1, -0.05) is 18.7 Å². The summed E-state index contributed by atoms with van der Waals surface area (Å²) in [6, 6.07) is 0. The molecule has 0 aromatic heterocycles. The molecule has 0 aliphatic heterocycles. The average Bonchev–Trinajstić information content (AvgIpc) is 1.91. The van der Waals surface area contributed by atoms with Gasteiger partial charge in [-0.2, -0.15) is 5.90 Å². The molecule has 0 aliphatic carbocycles. The molecule has 0 heterocycles. The number of rotatable bonds is 3. The molecule has 0 aromatic carbocycles. The van der Waals surface area contributed by atoms with Crippen molar-refractivity contribution in [1.29, 1.82) is 0 Å². The summed E-state index contributed by atoms with van der Waals surface area (Å²) in [6.45, 7) is 5.39. The molecule has 2 N–H and O–H groups in total. The fourth-order valence-electron chi connectivity index (χ4n) is 0.347. The molecule has 9 heavy (non-hydrogen) atoms. The molecule has 2 nitrogen and oxygen atoms in total. The summed E-state index contributed by atoms with van der Waals surface area (Å²) in [6.07, 6.45) is 6.97. The SMILES string of the molecule is C=C/C(=C\C=C/C)ON. The van der Waals surface area contributed by atoms with Gasteiger partial charge >= 0.3 is 0 Å². The van der Waals surface area contributed by atoms with Crippen LogP contribution in [0.2, 0.25) is 0 Å². The topological polar surface area (TPSA) is 35.2 Å². The molecule has 0 radical (unpaired) electrons. The first-order valence-electron chi connectivity index (χ1n) is 2.67. The van der Waals surface area contributed by atoms with E-state index in [1.54, 1.807) is 12.2 Å². The lowest BCUT2D eigenvalue weighted by Crippen LogP contribution is -1.95. The molecule has 2 heteroatoms. The summed E-state index contributed by atoms with van der Waals surface area (Å²) in [4.78, 5) is 4.39. The van der Waals surface area contributed by atoms with Gasteiger partial charge in [0.25, 0.3) is 0 Å². The van der Waals surface area contributed by atoms with E-state index in [-0.39, 0.29) is 0 Å². The molecule has 0 saturated heterocycles. The van der Waals surface area contributed by atoms with Crippen molar-refractivity contribution >= 4 is 0 Å². The Morgan fingerprint density at radius 3 is 2.67 bits per heavy atom. The fraction of sp³-hybridized carbons (Fsp3) is 0.143. The van der Waals surface area contributed by atoms with Crippen LogP contribution in [0.25, 0.3) is 0 Å². The van der Waals surface area contributed by atoms with E-state index in [2.05, 4.69) is 11.4 Å². The van der Waals surface area contributed by atoms with Crippen LogP contribution in [0.3, 0.4) is 0 Å². The Morgan fingerprint density at radius 2 is 2.33 bits per heavy atom. The maximum Gasteiger partial charge on any atom is 0.146 e. The first-order valence-corrected chi connectivity index (χ1v) is 2.67.